The minimum absolute atomic E-state index is 0.843. The summed E-state index contributed by atoms with van der Waals surface area (Å²) in [7, 11) is 0. The summed E-state index contributed by atoms with van der Waals surface area (Å²) in [5.74, 6) is 2.88. The summed E-state index contributed by atoms with van der Waals surface area (Å²) in [5.41, 5.74) is 0. The molecule has 0 amide bonds. The van der Waals surface area contributed by atoms with Crippen molar-refractivity contribution in [3.63, 3.8) is 0 Å². The van der Waals surface area contributed by atoms with E-state index in [1.54, 1.807) is 0 Å². The van der Waals surface area contributed by atoms with Crippen LogP contribution < -0.4 is 0 Å². The van der Waals surface area contributed by atoms with E-state index in [4.69, 9.17) is 6.42 Å². The van der Waals surface area contributed by atoms with Crippen LogP contribution in [0, 0.1) is 12.3 Å². The van der Waals surface area contributed by atoms with E-state index in [0.29, 0.717) is 0 Å². The van der Waals surface area contributed by atoms with Gasteiger partial charge < -0.3 is 0 Å². The van der Waals surface area contributed by atoms with Crippen LogP contribution in [0.1, 0.15) is 168 Å². The summed E-state index contributed by atoms with van der Waals surface area (Å²) in [6, 6.07) is 0. The Morgan fingerprint density at radius 3 is 0.906 bits per heavy atom. The highest BCUT2D eigenvalue weighted by Crippen LogP contribution is 2.14. The van der Waals surface area contributed by atoms with Gasteiger partial charge in [0.2, 0.25) is 0 Å². The van der Waals surface area contributed by atoms with Gasteiger partial charge in [0.15, 0.2) is 0 Å². The molecule has 0 aliphatic carbocycles. The molecule has 0 bridgehead atoms. The zero-order valence-electron chi connectivity index (χ0n) is 22.6. The SMILES string of the molecule is C#CCN(CCCCCCCCCCCCCC)CCCCCCCCCCCCCC. The number of nitrogens with zero attached hydrogens (tertiary/aromatic N) is 1. The fourth-order valence-corrected chi connectivity index (χ4v) is 4.75. The van der Waals surface area contributed by atoms with Gasteiger partial charge in [0, 0.05) is 0 Å². The molecule has 0 aliphatic rings. The van der Waals surface area contributed by atoms with Gasteiger partial charge in [-0.15, -0.1) is 6.42 Å². The summed E-state index contributed by atoms with van der Waals surface area (Å²) in [4.78, 5) is 2.52. The summed E-state index contributed by atoms with van der Waals surface area (Å²) >= 11 is 0. The minimum Gasteiger partial charge on any atom is -0.292 e. The lowest BCUT2D eigenvalue weighted by Crippen LogP contribution is -2.26. The molecule has 32 heavy (non-hydrogen) atoms. The standard InChI is InChI=1S/C31H61N/c1-4-7-9-11-13-15-17-19-21-23-25-27-30-32(29-6-3)31-28-26-24-22-20-18-16-14-12-10-8-5-2/h3H,4-5,7-31H2,1-2H3. The monoisotopic (exact) mass is 447 g/mol. The van der Waals surface area contributed by atoms with Crippen LogP contribution >= 0.6 is 0 Å². The molecule has 190 valence electrons. The van der Waals surface area contributed by atoms with Crippen LogP contribution in [0.4, 0.5) is 0 Å². The van der Waals surface area contributed by atoms with Gasteiger partial charge in [-0.05, 0) is 25.9 Å². The van der Waals surface area contributed by atoms with Crippen LogP contribution in [-0.2, 0) is 0 Å². The Hall–Kier alpha value is -0.480. The van der Waals surface area contributed by atoms with Crippen molar-refractivity contribution in [1.29, 1.82) is 0 Å². The van der Waals surface area contributed by atoms with E-state index in [1.807, 2.05) is 0 Å². The zero-order chi connectivity index (χ0) is 23.4. The van der Waals surface area contributed by atoms with E-state index in [2.05, 4.69) is 24.7 Å². The lowest BCUT2D eigenvalue weighted by Gasteiger charge is -2.19. The molecule has 0 fully saturated rings. The molecule has 0 radical (unpaired) electrons. The first-order valence-electron chi connectivity index (χ1n) is 15.0. The van der Waals surface area contributed by atoms with Crippen LogP contribution in [-0.4, -0.2) is 24.5 Å². The van der Waals surface area contributed by atoms with Crippen molar-refractivity contribution in [3.8, 4) is 12.3 Å². The van der Waals surface area contributed by atoms with Crippen LogP contribution in [0.5, 0.6) is 0 Å². The number of unbranched alkanes of at least 4 members (excludes halogenated alkanes) is 22. The first-order chi connectivity index (χ1) is 15.8. The van der Waals surface area contributed by atoms with Crippen molar-refractivity contribution < 1.29 is 0 Å². The number of hydrogen-bond acceptors (Lipinski definition) is 1. The molecule has 0 aromatic heterocycles. The van der Waals surface area contributed by atoms with Crippen molar-refractivity contribution in [2.24, 2.45) is 0 Å². The fourth-order valence-electron chi connectivity index (χ4n) is 4.75. The van der Waals surface area contributed by atoms with Gasteiger partial charge in [0.1, 0.15) is 0 Å². The maximum absolute atomic E-state index is 5.61. The molecule has 0 saturated heterocycles. The predicted molar refractivity (Wildman–Crippen MR) is 147 cm³/mol. The quantitative estimate of drug-likeness (QED) is 0.0893. The summed E-state index contributed by atoms with van der Waals surface area (Å²) in [5, 5.41) is 0. The second-order valence-electron chi connectivity index (χ2n) is 10.3. The van der Waals surface area contributed by atoms with Crippen molar-refractivity contribution >= 4 is 0 Å². The van der Waals surface area contributed by atoms with E-state index in [9.17, 15) is 0 Å². The number of hydrogen-bond donors (Lipinski definition) is 0. The van der Waals surface area contributed by atoms with Gasteiger partial charge in [-0.25, -0.2) is 0 Å². The van der Waals surface area contributed by atoms with Gasteiger partial charge in [0.25, 0.3) is 0 Å². The van der Waals surface area contributed by atoms with Crippen LogP contribution in [0.3, 0.4) is 0 Å². The molecule has 1 nitrogen and oxygen atoms in total. The topological polar surface area (TPSA) is 3.24 Å². The molecule has 0 rings (SSSR count). The summed E-state index contributed by atoms with van der Waals surface area (Å²) in [6.45, 7) is 7.85. The van der Waals surface area contributed by atoms with E-state index in [-0.39, 0.29) is 0 Å². The Morgan fingerprint density at radius 1 is 0.406 bits per heavy atom. The second kappa shape index (κ2) is 28.6. The molecule has 0 heterocycles. The van der Waals surface area contributed by atoms with Crippen molar-refractivity contribution in [1.82, 2.24) is 4.90 Å². The summed E-state index contributed by atoms with van der Waals surface area (Å²) < 4.78 is 0. The third kappa shape index (κ3) is 25.8. The first kappa shape index (κ1) is 31.5. The molecule has 0 N–H and O–H groups in total. The minimum atomic E-state index is 0.843. The Labute approximate surface area is 204 Å². The molecule has 0 aliphatic heterocycles. The maximum atomic E-state index is 5.61. The Kier molecular flexibility index (Phi) is 28.1. The molecule has 0 spiro atoms. The normalized spacial score (nSPS) is 11.3. The Balaban J connectivity index is 3.40. The molecule has 0 atom stereocenters. The number of rotatable bonds is 27. The fraction of sp³-hybridized carbons (Fsp3) is 0.935. The van der Waals surface area contributed by atoms with Gasteiger partial charge >= 0.3 is 0 Å². The third-order valence-corrected chi connectivity index (χ3v) is 6.97. The highest BCUT2D eigenvalue weighted by atomic mass is 15.1. The average molecular weight is 448 g/mol. The molecule has 0 saturated carbocycles. The largest absolute Gasteiger partial charge is 0.292 e. The Bertz CT molecular complexity index is 341. The lowest BCUT2D eigenvalue weighted by atomic mass is 10.0. The molecule has 0 aromatic rings. The molecular weight excluding hydrogens is 386 g/mol. The highest BCUT2D eigenvalue weighted by Gasteiger charge is 2.03. The van der Waals surface area contributed by atoms with Crippen LogP contribution in [0.25, 0.3) is 0 Å². The third-order valence-electron chi connectivity index (χ3n) is 6.97. The van der Waals surface area contributed by atoms with E-state index >= 15 is 0 Å². The van der Waals surface area contributed by atoms with Gasteiger partial charge in [-0.2, -0.15) is 0 Å². The van der Waals surface area contributed by atoms with Crippen LogP contribution in [0.15, 0.2) is 0 Å². The first-order valence-corrected chi connectivity index (χ1v) is 15.0. The highest BCUT2D eigenvalue weighted by molar-refractivity contribution is 4.88. The molecule has 0 unspecified atom stereocenters. The van der Waals surface area contributed by atoms with Gasteiger partial charge in [0.05, 0.1) is 6.54 Å². The predicted octanol–water partition coefficient (Wildman–Crippen LogP) is 10.3. The zero-order valence-corrected chi connectivity index (χ0v) is 22.6. The summed E-state index contributed by atoms with van der Waals surface area (Å²) in [6.07, 6.45) is 39.7. The smallest absolute Gasteiger partial charge is 0.0598 e. The van der Waals surface area contributed by atoms with E-state index < -0.39 is 0 Å². The average Bonchev–Trinajstić information content (AvgIpc) is 2.80. The number of terminal acetylenes is 1. The second-order valence-corrected chi connectivity index (χ2v) is 10.3. The lowest BCUT2D eigenvalue weighted by molar-refractivity contribution is 0.290. The Morgan fingerprint density at radius 2 is 0.656 bits per heavy atom. The van der Waals surface area contributed by atoms with E-state index in [0.717, 1.165) is 6.54 Å². The van der Waals surface area contributed by atoms with Crippen molar-refractivity contribution in [2.75, 3.05) is 19.6 Å². The van der Waals surface area contributed by atoms with E-state index in [1.165, 1.54) is 167 Å². The maximum Gasteiger partial charge on any atom is 0.0598 e. The van der Waals surface area contributed by atoms with Crippen LogP contribution in [0.2, 0.25) is 0 Å². The molecular formula is C31H61N. The van der Waals surface area contributed by atoms with Gasteiger partial charge in [-0.3, -0.25) is 4.90 Å². The molecule has 0 aromatic carbocycles. The van der Waals surface area contributed by atoms with Crippen molar-refractivity contribution in [3.05, 3.63) is 0 Å². The van der Waals surface area contributed by atoms with Gasteiger partial charge in [-0.1, -0.05) is 161 Å². The van der Waals surface area contributed by atoms with Crippen molar-refractivity contribution in [2.45, 2.75) is 168 Å². The molecule has 1 heteroatoms.